The summed E-state index contributed by atoms with van der Waals surface area (Å²) in [6.07, 6.45) is -1.04. The second-order valence-corrected chi connectivity index (χ2v) is 4.61. The number of halogens is 2. The highest BCUT2D eigenvalue weighted by atomic mass is 35.5. The molecule has 110 valence electrons. The Bertz CT molecular complexity index is 478. The first kappa shape index (κ1) is 16.4. The number of hydrogen-bond donors (Lipinski definition) is 2. The van der Waals surface area contributed by atoms with Gasteiger partial charge < -0.3 is 15.1 Å². The molecule has 5 nitrogen and oxygen atoms in total. The SMILES string of the molecule is CCC(Cl)C(O)C(=NOCc1ccc(F)cc1)C(=O)O. The Balaban J connectivity index is 2.68. The summed E-state index contributed by atoms with van der Waals surface area (Å²) in [6.45, 7) is 1.67. The molecule has 0 aliphatic heterocycles. The number of aliphatic carboxylic acids is 1. The summed E-state index contributed by atoms with van der Waals surface area (Å²) in [5.41, 5.74) is 0.0567. The molecule has 0 heterocycles. The van der Waals surface area contributed by atoms with E-state index in [-0.39, 0.29) is 12.4 Å². The van der Waals surface area contributed by atoms with Gasteiger partial charge in [-0.25, -0.2) is 9.18 Å². The molecule has 0 saturated heterocycles. The van der Waals surface area contributed by atoms with Crippen molar-refractivity contribution in [3.8, 4) is 0 Å². The zero-order valence-corrected chi connectivity index (χ0v) is 11.5. The highest BCUT2D eigenvalue weighted by Gasteiger charge is 2.27. The third-order valence-corrected chi connectivity index (χ3v) is 3.09. The number of carbonyl (C=O) groups is 1. The first-order valence-electron chi connectivity index (χ1n) is 5.95. The number of benzene rings is 1. The number of rotatable bonds is 7. The Labute approximate surface area is 120 Å². The van der Waals surface area contributed by atoms with Gasteiger partial charge in [-0.2, -0.15) is 0 Å². The first-order valence-corrected chi connectivity index (χ1v) is 6.39. The lowest BCUT2D eigenvalue weighted by molar-refractivity contribution is -0.130. The Hall–Kier alpha value is -1.66. The molecule has 7 heteroatoms. The average molecular weight is 304 g/mol. The summed E-state index contributed by atoms with van der Waals surface area (Å²) in [6, 6.07) is 5.47. The Morgan fingerprint density at radius 1 is 1.45 bits per heavy atom. The topological polar surface area (TPSA) is 79.1 Å². The van der Waals surface area contributed by atoms with Crippen molar-refractivity contribution < 1.29 is 24.2 Å². The van der Waals surface area contributed by atoms with Gasteiger partial charge in [0.25, 0.3) is 0 Å². The molecule has 0 saturated carbocycles. The van der Waals surface area contributed by atoms with Crippen LogP contribution in [-0.2, 0) is 16.2 Å². The molecule has 2 N–H and O–H groups in total. The summed E-state index contributed by atoms with van der Waals surface area (Å²) >= 11 is 5.78. The van der Waals surface area contributed by atoms with E-state index in [2.05, 4.69) is 5.16 Å². The van der Waals surface area contributed by atoms with Crippen LogP contribution in [0.25, 0.3) is 0 Å². The van der Waals surface area contributed by atoms with Crippen molar-refractivity contribution in [3.05, 3.63) is 35.6 Å². The zero-order chi connectivity index (χ0) is 15.1. The number of oxime groups is 1. The highest BCUT2D eigenvalue weighted by molar-refractivity contribution is 6.39. The predicted octanol–water partition coefficient (Wildman–Crippen LogP) is 2.16. The van der Waals surface area contributed by atoms with Crippen LogP contribution < -0.4 is 0 Å². The maximum Gasteiger partial charge on any atom is 0.356 e. The van der Waals surface area contributed by atoms with Gasteiger partial charge in [-0.1, -0.05) is 24.2 Å². The van der Waals surface area contributed by atoms with Crippen LogP contribution >= 0.6 is 11.6 Å². The molecule has 0 fully saturated rings. The number of alkyl halides is 1. The Morgan fingerprint density at radius 3 is 2.55 bits per heavy atom. The van der Waals surface area contributed by atoms with Crippen LogP contribution in [-0.4, -0.2) is 33.4 Å². The average Bonchev–Trinajstić information content (AvgIpc) is 2.43. The fourth-order valence-electron chi connectivity index (χ4n) is 1.37. The van der Waals surface area contributed by atoms with Gasteiger partial charge in [0.15, 0.2) is 5.71 Å². The lowest BCUT2D eigenvalue weighted by atomic mass is 10.1. The van der Waals surface area contributed by atoms with Gasteiger partial charge in [-0.05, 0) is 24.1 Å². The molecule has 0 amide bonds. The smallest absolute Gasteiger partial charge is 0.356 e. The number of aliphatic hydroxyl groups excluding tert-OH is 1. The Kier molecular flexibility index (Phi) is 6.41. The molecule has 2 atom stereocenters. The zero-order valence-electron chi connectivity index (χ0n) is 10.8. The summed E-state index contributed by atoms with van der Waals surface area (Å²) < 4.78 is 12.7. The maximum atomic E-state index is 12.7. The summed E-state index contributed by atoms with van der Waals surface area (Å²) in [4.78, 5) is 15.8. The van der Waals surface area contributed by atoms with Crippen LogP contribution in [0.1, 0.15) is 18.9 Å². The van der Waals surface area contributed by atoms with Gasteiger partial charge >= 0.3 is 5.97 Å². The minimum absolute atomic E-state index is 0.0388. The molecule has 0 aliphatic carbocycles. The summed E-state index contributed by atoms with van der Waals surface area (Å²) in [5.74, 6) is -1.79. The second-order valence-electron chi connectivity index (χ2n) is 4.05. The largest absolute Gasteiger partial charge is 0.477 e. The van der Waals surface area contributed by atoms with E-state index in [0.717, 1.165) is 0 Å². The second kappa shape index (κ2) is 7.81. The molecule has 1 rings (SSSR count). The van der Waals surface area contributed by atoms with Gasteiger partial charge in [0.05, 0.1) is 5.38 Å². The lowest BCUT2D eigenvalue weighted by Crippen LogP contribution is -2.35. The van der Waals surface area contributed by atoms with Gasteiger partial charge in [-0.15, -0.1) is 11.6 Å². The van der Waals surface area contributed by atoms with E-state index in [1.807, 2.05) is 0 Å². The Morgan fingerprint density at radius 2 is 2.05 bits per heavy atom. The van der Waals surface area contributed by atoms with Crippen molar-refractivity contribution in [1.29, 1.82) is 0 Å². The fourth-order valence-corrected chi connectivity index (χ4v) is 1.49. The molecule has 1 aromatic rings. The minimum Gasteiger partial charge on any atom is -0.477 e. The predicted molar refractivity (Wildman–Crippen MR) is 72.2 cm³/mol. The van der Waals surface area contributed by atoms with Gasteiger partial charge in [0.1, 0.15) is 18.5 Å². The minimum atomic E-state index is -1.42. The first-order chi connectivity index (χ1) is 9.45. The molecule has 20 heavy (non-hydrogen) atoms. The van der Waals surface area contributed by atoms with Crippen molar-refractivity contribution in [2.45, 2.75) is 31.4 Å². The molecule has 0 aliphatic rings. The summed E-state index contributed by atoms with van der Waals surface area (Å²) in [5, 5.41) is 21.3. The number of carboxylic acid groups (broad SMARTS) is 1. The number of aliphatic hydroxyl groups is 1. The van der Waals surface area contributed by atoms with E-state index in [9.17, 15) is 14.3 Å². The van der Waals surface area contributed by atoms with E-state index in [1.165, 1.54) is 24.3 Å². The molecule has 0 spiro atoms. The van der Waals surface area contributed by atoms with Crippen LogP contribution in [0.2, 0.25) is 0 Å². The molecule has 0 bridgehead atoms. The van der Waals surface area contributed by atoms with E-state index < -0.39 is 23.2 Å². The van der Waals surface area contributed by atoms with Crippen molar-refractivity contribution in [2.75, 3.05) is 0 Å². The van der Waals surface area contributed by atoms with Crippen molar-refractivity contribution in [1.82, 2.24) is 0 Å². The molecule has 0 aromatic heterocycles. The van der Waals surface area contributed by atoms with E-state index in [1.54, 1.807) is 6.92 Å². The van der Waals surface area contributed by atoms with Gasteiger partial charge in [-0.3, -0.25) is 0 Å². The third kappa shape index (κ3) is 4.79. The number of nitrogens with zero attached hydrogens (tertiary/aromatic N) is 1. The highest BCUT2D eigenvalue weighted by Crippen LogP contribution is 2.10. The van der Waals surface area contributed by atoms with Crippen molar-refractivity contribution in [3.63, 3.8) is 0 Å². The maximum absolute atomic E-state index is 12.7. The fraction of sp³-hybridized carbons (Fsp3) is 0.385. The van der Waals surface area contributed by atoms with Crippen LogP contribution in [0.15, 0.2) is 29.4 Å². The van der Waals surface area contributed by atoms with Crippen LogP contribution in [0, 0.1) is 5.82 Å². The van der Waals surface area contributed by atoms with Gasteiger partial charge in [0.2, 0.25) is 0 Å². The van der Waals surface area contributed by atoms with Crippen molar-refractivity contribution >= 4 is 23.3 Å². The van der Waals surface area contributed by atoms with Crippen LogP contribution in [0.5, 0.6) is 0 Å². The van der Waals surface area contributed by atoms with Crippen LogP contribution in [0.3, 0.4) is 0 Å². The van der Waals surface area contributed by atoms with Crippen molar-refractivity contribution in [2.24, 2.45) is 5.16 Å². The number of carboxylic acids is 1. The molecule has 2 unspecified atom stereocenters. The molecule has 1 aromatic carbocycles. The quantitative estimate of drug-likeness (QED) is 0.459. The monoisotopic (exact) mass is 303 g/mol. The van der Waals surface area contributed by atoms with E-state index >= 15 is 0 Å². The lowest BCUT2D eigenvalue weighted by Gasteiger charge is -2.14. The third-order valence-electron chi connectivity index (χ3n) is 2.54. The van der Waals surface area contributed by atoms with Gasteiger partial charge in [0, 0.05) is 0 Å². The molecular weight excluding hydrogens is 289 g/mol. The molecular formula is C13H15ClFNO4. The number of hydrogen-bond acceptors (Lipinski definition) is 4. The summed E-state index contributed by atoms with van der Waals surface area (Å²) in [7, 11) is 0. The van der Waals surface area contributed by atoms with E-state index in [4.69, 9.17) is 21.5 Å². The van der Waals surface area contributed by atoms with E-state index in [0.29, 0.717) is 12.0 Å². The van der Waals surface area contributed by atoms with Crippen LogP contribution in [0.4, 0.5) is 4.39 Å². The normalized spacial score (nSPS) is 14.7. The molecule has 0 radical (unpaired) electrons. The standard InChI is InChI=1S/C13H15ClFNO4/c1-2-10(14)12(17)11(13(18)19)16-20-7-8-3-5-9(15)6-4-8/h3-6,10,12,17H,2,7H2,1H3,(H,18,19).